The molecule has 7 rings (SSSR count). The molecule has 56 heavy (non-hydrogen) atoms. The Morgan fingerprint density at radius 2 is 1.70 bits per heavy atom. The number of sulfonamides is 1. The van der Waals surface area contributed by atoms with Crippen molar-refractivity contribution in [3.63, 3.8) is 0 Å². The largest absolute Gasteiger partial charge is 0.421 e. The summed E-state index contributed by atoms with van der Waals surface area (Å²) in [6.07, 6.45) is -0.927. The van der Waals surface area contributed by atoms with Crippen LogP contribution in [0.25, 0.3) is 0 Å². The molecular weight excluding hydrogens is 752 g/mol. The van der Waals surface area contributed by atoms with Crippen LogP contribution in [0.1, 0.15) is 63.4 Å². The van der Waals surface area contributed by atoms with Crippen LogP contribution < -0.4 is 20.3 Å². The van der Waals surface area contributed by atoms with Crippen molar-refractivity contribution in [2.45, 2.75) is 51.0 Å². The first-order chi connectivity index (χ1) is 26.6. The SMILES string of the molecule is CN(c1cccc(CNc2nc(Nc3ccc(C4CCN(Cc5ccc6c(c5)CN(N5CCC(=O)NC5=O)C6=O)CC4)cc3)ncc2C(F)(F)F)c1)S(C)(=O)=O. The molecular formula is C38H40F3N9O5S. The maximum atomic E-state index is 13.9. The number of anilines is 4. The van der Waals surface area contributed by atoms with Gasteiger partial charge in [-0.1, -0.05) is 36.4 Å². The minimum atomic E-state index is -4.71. The van der Waals surface area contributed by atoms with E-state index < -0.39 is 33.6 Å². The van der Waals surface area contributed by atoms with Gasteiger partial charge < -0.3 is 10.6 Å². The number of nitrogens with zero attached hydrogens (tertiary/aromatic N) is 6. The Labute approximate surface area is 321 Å². The number of carbonyl (C=O) groups excluding carboxylic acids is 3. The second-order valence-electron chi connectivity index (χ2n) is 14.1. The first-order valence-corrected chi connectivity index (χ1v) is 19.8. The van der Waals surface area contributed by atoms with Crippen molar-refractivity contribution in [2.75, 3.05) is 47.9 Å². The fourth-order valence-electron chi connectivity index (χ4n) is 7.11. The van der Waals surface area contributed by atoms with Crippen molar-refractivity contribution in [3.05, 3.63) is 106 Å². The first-order valence-electron chi connectivity index (χ1n) is 18.0. The van der Waals surface area contributed by atoms with Crippen molar-refractivity contribution in [2.24, 2.45) is 0 Å². The topological polar surface area (TPSA) is 160 Å². The number of likely N-dealkylation sites (tertiary alicyclic amines) is 1. The van der Waals surface area contributed by atoms with E-state index in [-0.39, 0.29) is 43.8 Å². The average molecular weight is 792 g/mol. The van der Waals surface area contributed by atoms with Gasteiger partial charge in [-0.15, -0.1) is 0 Å². The van der Waals surface area contributed by atoms with Crippen LogP contribution >= 0.6 is 0 Å². The van der Waals surface area contributed by atoms with Gasteiger partial charge in [0, 0.05) is 44.0 Å². The summed E-state index contributed by atoms with van der Waals surface area (Å²) in [6, 6.07) is 19.3. The third-order valence-corrected chi connectivity index (χ3v) is 11.4. The van der Waals surface area contributed by atoms with Gasteiger partial charge in [0.2, 0.25) is 21.9 Å². The lowest BCUT2D eigenvalue weighted by molar-refractivity contribution is -0.137. The molecule has 4 heterocycles. The molecule has 3 aliphatic rings. The third-order valence-electron chi connectivity index (χ3n) is 10.2. The van der Waals surface area contributed by atoms with Crippen LogP contribution in [-0.4, -0.2) is 84.1 Å². The summed E-state index contributed by atoms with van der Waals surface area (Å²) in [5, 5.41) is 10.7. The predicted molar refractivity (Wildman–Crippen MR) is 202 cm³/mol. The Balaban J connectivity index is 0.937. The number of rotatable bonds is 11. The molecule has 0 bridgehead atoms. The number of nitrogens with one attached hydrogen (secondary N) is 3. The number of aromatic nitrogens is 2. The molecule has 0 atom stereocenters. The van der Waals surface area contributed by atoms with Gasteiger partial charge in [-0.25, -0.2) is 28.2 Å². The Bertz CT molecular complexity index is 2270. The van der Waals surface area contributed by atoms with E-state index in [9.17, 15) is 36.0 Å². The van der Waals surface area contributed by atoms with Crippen molar-refractivity contribution in [1.29, 1.82) is 0 Å². The van der Waals surface area contributed by atoms with Gasteiger partial charge in [-0.3, -0.25) is 24.1 Å². The van der Waals surface area contributed by atoms with E-state index in [1.807, 2.05) is 36.4 Å². The highest BCUT2D eigenvalue weighted by Crippen LogP contribution is 2.35. The van der Waals surface area contributed by atoms with E-state index in [0.29, 0.717) is 35.0 Å². The van der Waals surface area contributed by atoms with E-state index in [2.05, 4.69) is 30.8 Å². The maximum absolute atomic E-state index is 13.9. The number of hydrogen-bond donors (Lipinski definition) is 3. The van der Waals surface area contributed by atoms with Crippen LogP contribution in [0.4, 0.5) is 41.1 Å². The molecule has 0 spiro atoms. The van der Waals surface area contributed by atoms with Crippen molar-refractivity contribution in [3.8, 4) is 0 Å². The highest BCUT2D eigenvalue weighted by molar-refractivity contribution is 7.92. The van der Waals surface area contributed by atoms with Gasteiger partial charge >= 0.3 is 12.2 Å². The minimum Gasteiger partial charge on any atom is -0.365 e. The lowest BCUT2D eigenvalue weighted by Gasteiger charge is -2.33. The molecule has 294 valence electrons. The lowest BCUT2D eigenvalue weighted by atomic mass is 9.89. The Hall–Kier alpha value is -5.75. The molecule has 2 fully saturated rings. The van der Waals surface area contributed by atoms with Gasteiger partial charge in [-0.2, -0.15) is 18.2 Å². The van der Waals surface area contributed by atoms with Crippen LogP contribution in [-0.2, 0) is 40.6 Å². The zero-order valence-corrected chi connectivity index (χ0v) is 31.5. The number of alkyl halides is 3. The summed E-state index contributed by atoms with van der Waals surface area (Å²) in [7, 11) is -2.13. The summed E-state index contributed by atoms with van der Waals surface area (Å²) < 4.78 is 66.7. The van der Waals surface area contributed by atoms with E-state index in [4.69, 9.17) is 0 Å². The number of amides is 4. The highest BCUT2D eigenvalue weighted by Gasteiger charge is 2.37. The molecule has 4 aromatic rings. The van der Waals surface area contributed by atoms with Gasteiger partial charge in [0.15, 0.2) is 0 Å². The number of urea groups is 1. The molecule has 3 aliphatic heterocycles. The number of fused-ring (bicyclic) bond motifs is 1. The van der Waals surface area contributed by atoms with Gasteiger partial charge in [-0.05, 0) is 84.4 Å². The summed E-state index contributed by atoms with van der Waals surface area (Å²) >= 11 is 0. The lowest BCUT2D eigenvalue weighted by Crippen LogP contribution is -2.56. The van der Waals surface area contributed by atoms with E-state index in [1.54, 1.807) is 30.3 Å². The van der Waals surface area contributed by atoms with Gasteiger partial charge in [0.25, 0.3) is 5.91 Å². The van der Waals surface area contributed by atoms with Crippen molar-refractivity contribution in [1.82, 2.24) is 30.2 Å². The number of hydrazine groups is 1. The molecule has 0 radical (unpaired) electrons. The number of carbonyl (C=O) groups is 3. The monoisotopic (exact) mass is 791 g/mol. The maximum Gasteiger partial charge on any atom is 0.421 e. The quantitative estimate of drug-likeness (QED) is 0.179. The van der Waals surface area contributed by atoms with E-state index in [0.717, 1.165) is 59.4 Å². The third kappa shape index (κ3) is 8.55. The molecule has 0 aliphatic carbocycles. The van der Waals surface area contributed by atoms with Crippen molar-refractivity contribution < 1.29 is 36.0 Å². The molecule has 4 amide bonds. The highest BCUT2D eigenvalue weighted by atomic mass is 32.2. The summed E-state index contributed by atoms with van der Waals surface area (Å²) in [6.45, 7) is 2.82. The fourth-order valence-corrected chi connectivity index (χ4v) is 7.61. The van der Waals surface area contributed by atoms with Crippen LogP contribution in [0.15, 0.2) is 72.9 Å². The average Bonchev–Trinajstić information content (AvgIpc) is 3.48. The van der Waals surface area contributed by atoms with Crippen LogP contribution in [0.2, 0.25) is 0 Å². The summed E-state index contributed by atoms with van der Waals surface area (Å²) in [5.41, 5.74) is 4.12. The molecule has 0 unspecified atom stereocenters. The minimum absolute atomic E-state index is 0.0239. The zero-order valence-electron chi connectivity index (χ0n) is 30.6. The Morgan fingerprint density at radius 3 is 2.39 bits per heavy atom. The number of piperidine rings is 1. The summed E-state index contributed by atoms with van der Waals surface area (Å²) in [5.74, 6) is -0.733. The number of imide groups is 1. The molecule has 1 aromatic heterocycles. The van der Waals surface area contributed by atoms with E-state index >= 15 is 0 Å². The zero-order chi connectivity index (χ0) is 39.8. The molecule has 2 saturated heterocycles. The fraction of sp³-hybridized carbons (Fsp3) is 0.342. The molecule has 3 aromatic carbocycles. The number of halogens is 3. The Kier molecular flexibility index (Phi) is 10.6. The Morgan fingerprint density at radius 1 is 0.946 bits per heavy atom. The van der Waals surface area contributed by atoms with Gasteiger partial charge in [0.1, 0.15) is 11.4 Å². The number of hydrogen-bond acceptors (Lipinski definition) is 10. The predicted octanol–water partition coefficient (Wildman–Crippen LogP) is 5.44. The second kappa shape index (κ2) is 15.4. The van der Waals surface area contributed by atoms with Crippen LogP contribution in [0, 0.1) is 0 Å². The molecule has 18 heteroatoms. The molecule has 0 saturated carbocycles. The first kappa shape index (κ1) is 38.5. The van der Waals surface area contributed by atoms with Crippen LogP contribution in [0.3, 0.4) is 0 Å². The van der Waals surface area contributed by atoms with Crippen molar-refractivity contribution >= 4 is 51.0 Å². The standard InChI is InChI=1S/C38H40F3N9O5S/c1-47(56(2,54)55)30-5-3-4-24(19-30)20-42-34-32(38(39,40)41)21-43-36(46-34)44-29-9-7-26(8-10-29)27-12-15-48(16-13-27)22-25-6-11-31-28(18-25)23-50(35(31)52)49-17-14-33(51)45-37(49)53/h3-11,18-19,21,27H,12-17,20,22-23H2,1-2H3,(H,45,51,53)(H2,42,43,44,46). The molecule has 14 nitrogen and oxygen atoms in total. The summed E-state index contributed by atoms with van der Waals surface area (Å²) in [4.78, 5) is 47.3. The van der Waals surface area contributed by atoms with E-state index in [1.165, 1.54) is 17.1 Å². The van der Waals surface area contributed by atoms with Gasteiger partial charge in [0.05, 0.1) is 25.0 Å². The second-order valence-corrected chi connectivity index (χ2v) is 16.1. The smallest absolute Gasteiger partial charge is 0.365 e. The normalized spacial score (nSPS) is 16.8. The van der Waals surface area contributed by atoms with Crippen LogP contribution in [0.5, 0.6) is 0 Å². The molecule has 3 N–H and O–H groups in total. The number of benzene rings is 3.